The van der Waals surface area contributed by atoms with Crippen molar-refractivity contribution in [3.8, 4) is 0 Å². The quantitative estimate of drug-likeness (QED) is 0.924. The number of hydrogen-bond donors (Lipinski definition) is 1. The summed E-state index contributed by atoms with van der Waals surface area (Å²) in [5.74, 6) is 0. The highest BCUT2D eigenvalue weighted by Gasteiger charge is 2.60. The van der Waals surface area contributed by atoms with E-state index in [-0.39, 0.29) is 12.1 Å². The summed E-state index contributed by atoms with van der Waals surface area (Å²) in [4.78, 5) is 19.1. The highest BCUT2D eigenvalue weighted by molar-refractivity contribution is 5.76. The molecule has 3 heterocycles. The van der Waals surface area contributed by atoms with Gasteiger partial charge in [0, 0.05) is 43.4 Å². The summed E-state index contributed by atoms with van der Waals surface area (Å²) in [6.07, 6.45) is 8.90. The van der Waals surface area contributed by atoms with Crippen LogP contribution in [0.25, 0.3) is 0 Å². The predicted molar refractivity (Wildman–Crippen MR) is 91.8 cm³/mol. The molecule has 0 bridgehead atoms. The lowest BCUT2D eigenvalue weighted by atomic mass is 9.56. The lowest BCUT2D eigenvalue weighted by Crippen LogP contribution is -2.73. The van der Waals surface area contributed by atoms with Crippen molar-refractivity contribution in [3.63, 3.8) is 0 Å². The second-order valence-corrected chi connectivity index (χ2v) is 7.59. The lowest BCUT2D eigenvalue weighted by Gasteiger charge is -2.63. The number of carbonyl (C=O) groups is 1. The first-order valence-electron chi connectivity index (χ1n) is 9.26. The van der Waals surface area contributed by atoms with E-state index in [1.165, 1.54) is 24.8 Å². The van der Waals surface area contributed by atoms with E-state index in [9.17, 15) is 4.79 Å². The van der Waals surface area contributed by atoms with Crippen molar-refractivity contribution in [1.29, 1.82) is 0 Å². The van der Waals surface area contributed by atoms with Crippen LogP contribution in [0.4, 0.5) is 4.79 Å². The summed E-state index contributed by atoms with van der Waals surface area (Å²) in [6, 6.07) is 4.38. The zero-order chi connectivity index (χ0) is 16.6. The number of hydrogen-bond acceptors (Lipinski definition) is 3. The average Bonchev–Trinajstić information content (AvgIpc) is 3.00. The second-order valence-electron chi connectivity index (χ2n) is 7.59. The third kappa shape index (κ3) is 2.69. The normalized spacial score (nSPS) is 27.6. The number of ether oxygens (including phenoxy) is 1. The maximum Gasteiger partial charge on any atom is 0.317 e. The molecule has 0 radical (unpaired) electrons. The third-order valence-corrected chi connectivity index (χ3v) is 6.13. The Labute approximate surface area is 143 Å². The minimum absolute atomic E-state index is 0.0709. The molecule has 24 heavy (non-hydrogen) atoms. The molecule has 1 aromatic rings. The molecule has 2 aliphatic heterocycles. The Morgan fingerprint density at radius 2 is 2.33 bits per heavy atom. The first-order valence-corrected chi connectivity index (χ1v) is 9.26. The van der Waals surface area contributed by atoms with Crippen molar-refractivity contribution >= 4 is 6.03 Å². The zero-order valence-corrected chi connectivity index (χ0v) is 14.5. The van der Waals surface area contributed by atoms with Gasteiger partial charge in [-0.1, -0.05) is 12.5 Å². The van der Waals surface area contributed by atoms with Crippen LogP contribution in [0.5, 0.6) is 0 Å². The van der Waals surface area contributed by atoms with E-state index in [2.05, 4.69) is 23.3 Å². The molecule has 0 unspecified atom stereocenters. The van der Waals surface area contributed by atoms with Crippen LogP contribution in [-0.2, 0) is 11.2 Å². The lowest BCUT2D eigenvalue weighted by molar-refractivity contribution is -0.147. The van der Waals surface area contributed by atoms with Crippen molar-refractivity contribution < 1.29 is 9.53 Å². The molecule has 130 valence electrons. The summed E-state index contributed by atoms with van der Waals surface area (Å²) >= 11 is 0. The van der Waals surface area contributed by atoms with Gasteiger partial charge in [0.15, 0.2) is 0 Å². The molecule has 1 saturated carbocycles. The Kier molecular flexibility index (Phi) is 4.21. The minimum atomic E-state index is 0.0709. The molecule has 4 rings (SSSR count). The summed E-state index contributed by atoms with van der Waals surface area (Å²) in [7, 11) is 0. The number of amides is 2. The molecule has 1 aromatic heterocycles. The molecule has 2 atom stereocenters. The van der Waals surface area contributed by atoms with Crippen LogP contribution in [-0.4, -0.2) is 47.8 Å². The fraction of sp³-hybridized carbons (Fsp3) is 0.684. The molecule has 1 aliphatic carbocycles. The number of nitrogens with zero attached hydrogens (tertiary/aromatic N) is 2. The van der Waals surface area contributed by atoms with Gasteiger partial charge in [0.1, 0.15) is 0 Å². The minimum Gasteiger partial charge on any atom is -0.376 e. The van der Waals surface area contributed by atoms with Crippen LogP contribution >= 0.6 is 0 Å². The first kappa shape index (κ1) is 15.9. The molecule has 1 spiro atoms. The molecule has 1 N–H and O–H groups in total. The van der Waals surface area contributed by atoms with Gasteiger partial charge in [-0.15, -0.1) is 0 Å². The van der Waals surface area contributed by atoms with E-state index >= 15 is 0 Å². The highest BCUT2D eigenvalue weighted by atomic mass is 16.5. The van der Waals surface area contributed by atoms with Gasteiger partial charge in [-0.25, -0.2) is 4.79 Å². The van der Waals surface area contributed by atoms with Crippen LogP contribution in [0.15, 0.2) is 18.3 Å². The monoisotopic (exact) mass is 329 g/mol. The molecular formula is C19H27N3O2. The van der Waals surface area contributed by atoms with Crippen LogP contribution in [0.2, 0.25) is 0 Å². The van der Waals surface area contributed by atoms with E-state index in [0.717, 1.165) is 38.1 Å². The van der Waals surface area contributed by atoms with E-state index < -0.39 is 0 Å². The molecule has 2 amide bonds. The van der Waals surface area contributed by atoms with Crippen molar-refractivity contribution in [2.24, 2.45) is 5.41 Å². The third-order valence-electron chi connectivity index (χ3n) is 6.13. The molecule has 3 aliphatic rings. The Morgan fingerprint density at radius 3 is 3.00 bits per heavy atom. The van der Waals surface area contributed by atoms with Crippen molar-refractivity contribution in [1.82, 2.24) is 15.2 Å². The molecular weight excluding hydrogens is 302 g/mol. The largest absolute Gasteiger partial charge is 0.376 e. The zero-order valence-electron chi connectivity index (χ0n) is 14.5. The van der Waals surface area contributed by atoms with Gasteiger partial charge in [-0.3, -0.25) is 4.98 Å². The average molecular weight is 329 g/mol. The SMILES string of the molecule is Cc1cccnc1CCNC(=O)N1CC2(CCC2)[C@@H]1[C@@H]1CCCO1. The van der Waals surface area contributed by atoms with Crippen LogP contribution in [0.3, 0.4) is 0 Å². The van der Waals surface area contributed by atoms with Gasteiger partial charge in [-0.05, 0) is 44.2 Å². The number of aryl methyl sites for hydroxylation is 1. The summed E-state index contributed by atoms with van der Waals surface area (Å²) in [5, 5.41) is 3.09. The van der Waals surface area contributed by atoms with Gasteiger partial charge < -0.3 is 15.0 Å². The number of nitrogens with one attached hydrogen (secondary N) is 1. The van der Waals surface area contributed by atoms with Crippen molar-refractivity contribution in [2.75, 3.05) is 19.7 Å². The maximum atomic E-state index is 12.6. The molecule has 5 heteroatoms. The van der Waals surface area contributed by atoms with Gasteiger partial charge in [0.2, 0.25) is 0 Å². The smallest absolute Gasteiger partial charge is 0.317 e. The van der Waals surface area contributed by atoms with E-state index in [1.807, 2.05) is 17.2 Å². The fourth-order valence-corrected chi connectivity index (χ4v) is 4.65. The Hall–Kier alpha value is -1.62. The Morgan fingerprint density at radius 1 is 1.46 bits per heavy atom. The van der Waals surface area contributed by atoms with Gasteiger partial charge >= 0.3 is 6.03 Å². The van der Waals surface area contributed by atoms with E-state index in [0.29, 0.717) is 18.0 Å². The standard InChI is InChI=1S/C19H27N3O2/c1-14-5-2-10-20-15(14)7-11-21-18(23)22-13-19(8-4-9-19)17(22)16-6-3-12-24-16/h2,5,10,16-17H,3-4,6-9,11-13H2,1H3,(H,21,23)/t16-,17-/m0/s1. The predicted octanol–water partition coefficient (Wildman–Crippen LogP) is 2.68. The van der Waals surface area contributed by atoms with Crippen LogP contribution < -0.4 is 5.32 Å². The number of likely N-dealkylation sites (tertiary alicyclic amines) is 1. The number of aromatic nitrogens is 1. The van der Waals surface area contributed by atoms with Gasteiger partial charge in [0.25, 0.3) is 0 Å². The number of pyridine rings is 1. The van der Waals surface area contributed by atoms with Crippen LogP contribution in [0.1, 0.15) is 43.4 Å². The van der Waals surface area contributed by atoms with Gasteiger partial charge in [-0.2, -0.15) is 0 Å². The number of carbonyl (C=O) groups excluding carboxylic acids is 1. The Bertz CT molecular complexity index is 608. The van der Waals surface area contributed by atoms with Crippen molar-refractivity contribution in [3.05, 3.63) is 29.6 Å². The van der Waals surface area contributed by atoms with E-state index in [4.69, 9.17) is 4.74 Å². The first-order chi connectivity index (χ1) is 11.7. The number of urea groups is 1. The summed E-state index contributed by atoms with van der Waals surface area (Å²) < 4.78 is 5.93. The molecule has 0 aromatic carbocycles. The van der Waals surface area contributed by atoms with E-state index in [1.54, 1.807) is 0 Å². The highest BCUT2D eigenvalue weighted by Crippen LogP contribution is 2.55. The van der Waals surface area contributed by atoms with Gasteiger partial charge in [0.05, 0.1) is 12.1 Å². The molecule has 3 fully saturated rings. The van der Waals surface area contributed by atoms with Crippen LogP contribution in [0, 0.1) is 12.3 Å². The van der Waals surface area contributed by atoms with Crippen molar-refractivity contribution in [2.45, 2.75) is 57.6 Å². The maximum absolute atomic E-state index is 12.6. The summed E-state index contributed by atoms with van der Waals surface area (Å²) in [5.41, 5.74) is 2.61. The second kappa shape index (κ2) is 6.36. The molecule has 2 saturated heterocycles. The summed E-state index contributed by atoms with van der Waals surface area (Å²) in [6.45, 7) is 4.46. The topological polar surface area (TPSA) is 54.5 Å². The number of rotatable bonds is 4. The molecule has 5 nitrogen and oxygen atoms in total. The Balaban J connectivity index is 1.33. The fourth-order valence-electron chi connectivity index (χ4n) is 4.65.